The van der Waals surface area contributed by atoms with Gasteiger partial charge >= 0.3 is 0 Å². The highest BCUT2D eigenvalue weighted by atomic mass is 35.5. The Labute approximate surface area is 172 Å². The number of likely N-dealkylation sites (tertiary alicyclic amines) is 1. The van der Waals surface area contributed by atoms with E-state index < -0.39 is 0 Å². The number of methoxy groups -OCH3 is 1. The SMILES string of the molecule is CN=C(NCCCC(=O)Nc1ccc(Cl)cc1)N1CCC(COCCOC)C1. The third-order valence-corrected chi connectivity index (χ3v) is 4.83. The Hall–Kier alpha value is -1.83. The molecule has 1 atom stereocenters. The van der Waals surface area contributed by atoms with E-state index in [0.29, 0.717) is 37.1 Å². The number of nitrogens with one attached hydrogen (secondary N) is 2. The van der Waals surface area contributed by atoms with Crippen LogP contribution in [0.2, 0.25) is 5.02 Å². The molecule has 0 aliphatic carbocycles. The first-order valence-electron chi connectivity index (χ1n) is 9.70. The van der Waals surface area contributed by atoms with E-state index in [9.17, 15) is 4.79 Å². The van der Waals surface area contributed by atoms with Gasteiger partial charge in [-0.25, -0.2) is 0 Å². The van der Waals surface area contributed by atoms with Crippen molar-refractivity contribution < 1.29 is 14.3 Å². The van der Waals surface area contributed by atoms with Crippen LogP contribution < -0.4 is 10.6 Å². The summed E-state index contributed by atoms with van der Waals surface area (Å²) in [5.41, 5.74) is 0.758. The van der Waals surface area contributed by atoms with Crippen molar-refractivity contribution in [1.29, 1.82) is 0 Å². The van der Waals surface area contributed by atoms with E-state index in [1.54, 1.807) is 38.4 Å². The van der Waals surface area contributed by atoms with E-state index in [1.807, 2.05) is 0 Å². The fraction of sp³-hybridized carbons (Fsp3) is 0.600. The first-order valence-corrected chi connectivity index (χ1v) is 10.1. The van der Waals surface area contributed by atoms with Crippen LogP contribution in [0.15, 0.2) is 29.3 Å². The number of rotatable bonds is 10. The van der Waals surface area contributed by atoms with E-state index in [-0.39, 0.29) is 5.91 Å². The van der Waals surface area contributed by atoms with Gasteiger partial charge in [-0.05, 0) is 37.1 Å². The zero-order valence-electron chi connectivity index (χ0n) is 16.7. The molecule has 1 amide bonds. The third kappa shape index (κ3) is 8.04. The Morgan fingerprint density at radius 1 is 1.32 bits per heavy atom. The van der Waals surface area contributed by atoms with Crippen molar-refractivity contribution in [1.82, 2.24) is 10.2 Å². The van der Waals surface area contributed by atoms with Gasteiger partial charge in [-0.3, -0.25) is 9.79 Å². The molecule has 28 heavy (non-hydrogen) atoms. The molecule has 0 bridgehead atoms. The number of carbonyl (C=O) groups is 1. The fourth-order valence-corrected chi connectivity index (χ4v) is 3.22. The molecule has 1 heterocycles. The van der Waals surface area contributed by atoms with E-state index in [4.69, 9.17) is 21.1 Å². The van der Waals surface area contributed by atoms with E-state index in [1.165, 1.54) is 0 Å². The minimum Gasteiger partial charge on any atom is -0.382 e. The van der Waals surface area contributed by atoms with Gasteiger partial charge in [0.05, 0.1) is 19.8 Å². The normalized spacial score (nSPS) is 17.0. The van der Waals surface area contributed by atoms with Gasteiger partial charge in [0, 0.05) is 56.8 Å². The largest absolute Gasteiger partial charge is 0.382 e. The molecule has 1 aliphatic heterocycles. The average Bonchev–Trinajstić information content (AvgIpc) is 3.16. The summed E-state index contributed by atoms with van der Waals surface area (Å²) in [6, 6.07) is 7.11. The zero-order valence-corrected chi connectivity index (χ0v) is 17.5. The summed E-state index contributed by atoms with van der Waals surface area (Å²) in [5.74, 6) is 1.40. The summed E-state index contributed by atoms with van der Waals surface area (Å²) in [7, 11) is 3.47. The van der Waals surface area contributed by atoms with Crippen molar-refractivity contribution in [3.05, 3.63) is 29.3 Å². The smallest absolute Gasteiger partial charge is 0.224 e. The number of aliphatic imine (C=N–C) groups is 1. The maximum absolute atomic E-state index is 12.0. The van der Waals surface area contributed by atoms with Crippen LogP contribution in [-0.2, 0) is 14.3 Å². The van der Waals surface area contributed by atoms with Crippen LogP contribution in [0.1, 0.15) is 19.3 Å². The summed E-state index contributed by atoms with van der Waals surface area (Å²) in [4.78, 5) is 18.6. The Kier molecular flexibility index (Phi) is 10.1. The van der Waals surface area contributed by atoms with Crippen molar-refractivity contribution in [2.45, 2.75) is 19.3 Å². The van der Waals surface area contributed by atoms with Crippen LogP contribution >= 0.6 is 11.6 Å². The lowest BCUT2D eigenvalue weighted by atomic mass is 10.1. The molecule has 1 unspecified atom stereocenters. The van der Waals surface area contributed by atoms with Crippen LogP contribution in [0.3, 0.4) is 0 Å². The van der Waals surface area contributed by atoms with E-state index in [0.717, 1.165) is 44.2 Å². The number of benzene rings is 1. The highest BCUT2D eigenvalue weighted by molar-refractivity contribution is 6.30. The van der Waals surface area contributed by atoms with Crippen LogP contribution in [0, 0.1) is 5.92 Å². The third-order valence-electron chi connectivity index (χ3n) is 4.57. The van der Waals surface area contributed by atoms with Crippen LogP contribution in [0.4, 0.5) is 5.69 Å². The molecule has 0 saturated carbocycles. The van der Waals surface area contributed by atoms with Crippen molar-refractivity contribution in [2.24, 2.45) is 10.9 Å². The maximum Gasteiger partial charge on any atom is 0.224 e. The second-order valence-electron chi connectivity index (χ2n) is 6.80. The van der Waals surface area contributed by atoms with Gasteiger partial charge in [-0.15, -0.1) is 0 Å². The molecule has 1 saturated heterocycles. The number of guanidine groups is 1. The quantitative estimate of drug-likeness (QED) is 0.352. The average molecular weight is 411 g/mol. The zero-order chi connectivity index (χ0) is 20.2. The Morgan fingerprint density at radius 3 is 2.82 bits per heavy atom. The maximum atomic E-state index is 12.0. The Balaban J connectivity index is 1.62. The van der Waals surface area contributed by atoms with E-state index >= 15 is 0 Å². The lowest BCUT2D eigenvalue weighted by Crippen LogP contribution is -2.40. The molecular formula is C20H31ClN4O3. The van der Waals surface area contributed by atoms with Gasteiger partial charge in [-0.2, -0.15) is 0 Å². The first-order chi connectivity index (χ1) is 13.6. The molecule has 1 aliphatic rings. The van der Waals surface area contributed by atoms with Crippen molar-refractivity contribution in [2.75, 3.05) is 58.9 Å². The molecule has 0 spiro atoms. The molecule has 0 aromatic heterocycles. The minimum atomic E-state index is -0.00597. The molecule has 2 rings (SSSR count). The van der Waals surface area contributed by atoms with Gasteiger partial charge < -0.3 is 25.0 Å². The summed E-state index contributed by atoms with van der Waals surface area (Å²) in [6.45, 7) is 4.62. The van der Waals surface area contributed by atoms with E-state index in [2.05, 4.69) is 20.5 Å². The van der Waals surface area contributed by atoms with Gasteiger partial charge in [0.2, 0.25) is 5.91 Å². The van der Waals surface area contributed by atoms with Crippen molar-refractivity contribution in [3.63, 3.8) is 0 Å². The first kappa shape index (κ1) is 22.5. The lowest BCUT2D eigenvalue weighted by molar-refractivity contribution is -0.116. The standard InChI is InChI=1S/C20H31ClN4O3/c1-22-20(25-11-9-16(14-25)15-28-13-12-27-2)23-10-3-4-19(26)24-18-7-5-17(21)6-8-18/h5-8,16H,3-4,9-15H2,1-2H3,(H,22,23)(H,24,26). The molecule has 1 aromatic rings. The van der Waals surface area contributed by atoms with Gasteiger partial charge in [-0.1, -0.05) is 11.6 Å². The fourth-order valence-electron chi connectivity index (χ4n) is 3.09. The summed E-state index contributed by atoms with van der Waals surface area (Å²) in [6.07, 6.45) is 2.27. The predicted molar refractivity (Wildman–Crippen MR) is 113 cm³/mol. The second kappa shape index (κ2) is 12.6. The van der Waals surface area contributed by atoms with Crippen LogP contribution in [0.5, 0.6) is 0 Å². The number of halogens is 1. The summed E-state index contributed by atoms with van der Waals surface area (Å²) in [5, 5.41) is 6.88. The highest BCUT2D eigenvalue weighted by Crippen LogP contribution is 2.17. The van der Waals surface area contributed by atoms with Crippen LogP contribution in [0.25, 0.3) is 0 Å². The number of hydrogen-bond donors (Lipinski definition) is 2. The topological polar surface area (TPSA) is 75.2 Å². The number of amides is 1. The molecular weight excluding hydrogens is 380 g/mol. The minimum absolute atomic E-state index is 0.00597. The molecule has 1 aromatic carbocycles. The summed E-state index contributed by atoms with van der Waals surface area (Å²) >= 11 is 5.85. The lowest BCUT2D eigenvalue weighted by Gasteiger charge is -2.21. The summed E-state index contributed by atoms with van der Waals surface area (Å²) < 4.78 is 10.6. The monoisotopic (exact) mass is 410 g/mol. The molecule has 0 radical (unpaired) electrons. The van der Waals surface area contributed by atoms with Crippen molar-refractivity contribution in [3.8, 4) is 0 Å². The highest BCUT2D eigenvalue weighted by Gasteiger charge is 2.24. The van der Waals surface area contributed by atoms with Gasteiger partial charge in [0.25, 0.3) is 0 Å². The Bertz CT molecular complexity index is 624. The Morgan fingerprint density at radius 2 is 2.11 bits per heavy atom. The number of hydrogen-bond acceptors (Lipinski definition) is 4. The number of nitrogens with zero attached hydrogens (tertiary/aromatic N) is 2. The van der Waals surface area contributed by atoms with Gasteiger partial charge in [0.1, 0.15) is 0 Å². The number of anilines is 1. The molecule has 156 valence electrons. The second-order valence-corrected chi connectivity index (χ2v) is 7.24. The molecule has 8 heteroatoms. The molecule has 2 N–H and O–H groups in total. The van der Waals surface area contributed by atoms with Crippen LogP contribution in [-0.4, -0.2) is 70.4 Å². The van der Waals surface area contributed by atoms with Gasteiger partial charge in [0.15, 0.2) is 5.96 Å². The predicted octanol–water partition coefficient (Wildman–Crippen LogP) is 2.62. The number of carbonyl (C=O) groups excluding carboxylic acids is 1. The van der Waals surface area contributed by atoms with Crippen molar-refractivity contribution >= 4 is 29.2 Å². The molecule has 1 fully saturated rings. The number of ether oxygens (including phenoxy) is 2. The molecule has 7 nitrogen and oxygen atoms in total.